The first-order valence-electron chi connectivity index (χ1n) is 19.7. The number of ether oxygens (including phenoxy) is 2. The SMILES string of the molecule is COC(=O)N[C@H](C(=O)N1CCC[C@H]1c1nc2cc(-c3ccc(-c4ccc5[nH]c([C@@H]6CCCN6C(=O)[C@@H](NC(=O)OC)C(C)C)nc5c4)c(C#N)c3)ccc2[nH]1)C(C)C. The number of nitrogens with zero attached hydrogens (tertiary/aromatic N) is 5. The van der Waals surface area contributed by atoms with Crippen molar-refractivity contribution in [3.8, 4) is 28.3 Å². The summed E-state index contributed by atoms with van der Waals surface area (Å²) in [6.45, 7) is 8.66. The summed E-state index contributed by atoms with van der Waals surface area (Å²) in [7, 11) is 2.56. The predicted molar refractivity (Wildman–Crippen MR) is 217 cm³/mol. The van der Waals surface area contributed by atoms with Crippen LogP contribution >= 0.6 is 0 Å². The normalized spacial score (nSPS) is 17.8. The summed E-state index contributed by atoms with van der Waals surface area (Å²) in [5.74, 6) is 0.751. The van der Waals surface area contributed by atoms with Gasteiger partial charge in [0.1, 0.15) is 23.7 Å². The van der Waals surface area contributed by atoms with Crippen LogP contribution in [-0.2, 0) is 19.1 Å². The lowest BCUT2D eigenvalue weighted by atomic mass is 9.95. The Bertz CT molecular complexity index is 2410. The van der Waals surface area contributed by atoms with Crippen LogP contribution < -0.4 is 10.6 Å². The van der Waals surface area contributed by atoms with Crippen molar-refractivity contribution in [3.05, 3.63) is 71.8 Å². The fourth-order valence-corrected chi connectivity index (χ4v) is 8.17. The Balaban J connectivity index is 1.11. The number of hydrogen-bond donors (Lipinski definition) is 4. The molecular weight excluding hydrogens is 739 g/mol. The van der Waals surface area contributed by atoms with Crippen LogP contribution in [0.25, 0.3) is 44.3 Å². The number of carbonyl (C=O) groups is 4. The Kier molecular flexibility index (Phi) is 11.4. The maximum Gasteiger partial charge on any atom is 0.407 e. The maximum atomic E-state index is 13.7. The van der Waals surface area contributed by atoms with Crippen LogP contribution in [0.1, 0.15) is 82.7 Å². The largest absolute Gasteiger partial charge is 0.453 e. The van der Waals surface area contributed by atoms with Crippen LogP contribution in [-0.4, -0.2) is 93.1 Å². The summed E-state index contributed by atoms with van der Waals surface area (Å²) < 4.78 is 9.53. The van der Waals surface area contributed by atoms with Gasteiger partial charge < -0.3 is 39.9 Å². The molecule has 4 heterocycles. The van der Waals surface area contributed by atoms with E-state index in [0.29, 0.717) is 30.3 Å². The maximum absolute atomic E-state index is 13.7. The van der Waals surface area contributed by atoms with E-state index in [1.807, 2.05) is 82.3 Å². The van der Waals surface area contributed by atoms with E-state index in [-0.39, 0.29) is 35.7 Å². The van der Waals surface area contributed by atoms with Gasteiger partial charge in [-0.2, -0.15) is 5.26 Å². The van der Waals surface area contributed by atoms with E-state index in [0.717, 1.165) is 70.0 Å². The minimum Gasteiger partial charge on any atom is -0.453 e. The summed E-state index contributed by atoms with van der Waals surface area (Å²) in [5, 5.41) is 15.7. The van der Waals surface area contributed by atoms with Gasteiger partial charge >= 0.3 is 12.2 Å². The first-order valence-corrected chi connectivity index (χ1v) is 19.7. The summed E-state index contributed by atoms with van der Waals surface area (Å²) >= 11 is 0. The molecule has 4 N–H and O–H groups in total. The van der Waals surface area contributed by atoms with E-state index in [1.165, 1.54) is 14.2 Å². The lowest BCUT2D eigenvalue weighted by Gasteiger charge is -2.29. The van der Waals surface area contributed by atoms with Gasteiger partial charge in [0, 0.05) is 13.1 Å². The molecule has 302 valence electrons. The number of nitrogens with one attached hydrogen (secondary N) is 4. The van der Waals surface area contributed by atoms with Crippen LogP contribution in [0, 0.1) is 23.2 Å². The number of aromatic nitrogens is 4. The van der Waals surface area contributed by atoms with Crippen molar-refractivity contribution in [2.24, 2.45) is 11.8 Å². The van der Waals surface area contributed by atoms with Gasteiger partial charge in [-0.1, -0.05) is 52.0 Å². The molecule has 0 saturated carbocycles. The Hall–Kier alpha value is -6.43. The predicted octanol–water partition coefficient (Wildman–Crippen LogP) is 6.73. The number of fused-ring (bicyclic) bond motifs is 2. The highest BCUT2D eigenvalue weighted by molar-refractivity contribution is 5.89. The average Bonchev–Trinajstić information content (AvgIpc) is 4.05. The number of hydrogen-bond acceptors (Lipinski definition) is 9. The number of likely N-dealkylation sites (tertiary alicyclic amines) is 2. The molecule has 2 saturated heterocycles. The molecule has 4 amide bonds. The zero-order valence-corrected chi connectivity index (χ0v) is 33.6. The van der Waals surface area contributed by atoms with Gasteiger partial charge in [-0.15, -0.1) is 0 Å². The molecule has 3 aromatic carbocycles. The first kappa shape index (κ1) is 39.8. The third kappa shape index (κ3) is 7.78. The van der Waals surface area contributed by atoms with Gasteiger partial charge in [-0.3, -0.25) is 9.59 Å². The standard InChI is InChI=1S/C43H49N9O6/c1-23(2)36(49-42(55)57-5)40(53)51-17-7-9-34(51)38-45-30-15-12-26(20-32(30)47-38)25-11-14-29(28(19-25)22-44)27-13-16-31-33(21-27)48-39(46-31)35-10-8-18-52(35)41(54)37(24(3)4)50-43(56)58-6/h11-16,19-21,23-24,34-37H,7-10,17-18H2,1-6H3,(H,45,47)(H,46,48)(H,49,55)(H,50,56)/t34-,35-,36-,37-/m0/s1. The molecule has 0 unspecified atom stereocenters. The Morgan fingerprint density at radius 2 is 1.16 bits per heavy atom. The van der Waals surface area contributed by atoms with Crippen molar-refractivity contribution in [1.29, 1.82) is 5.26 Å². The number of aromatic amines is 2. The third-order valence-corrected chi connectivity index (χ3v) is 11.3. The fraction of sp³-hybridized carbons (Fsp3) is 0.419. The van der Waals surface area contributed by atoms with Crippen molar-refractivity contribution in [1.82, 2.24) is 40.4 Å². The number of imidazole rings is 2. The first-order chi connectivity index (χ1) is 27.9. The molecular formula is C43H49N9O6. The zero-order valence-electron chi connectivity index (χ0n) is 33.6. The molecule has 5 aromatic rings. The van der Waals surface area contributed by atoms with Crippen LogP contribution in [0.3, 0.4) is 0 Å². The molecule has 0 spiro atoms. The third-order valence-electron chi connectivity index (χ3n) is 11.3. The van der Waals surface area contributed by atoms with Gasteiger partial charge in [0.05, 0.1) is 60.0 Å². The highest BCUT2D eigenvalue weighted by atomic mass is 16.5. The Morgan fingerprint density at radius 1 is 0.707 bits per heavy atom. The van der Waals surface area contributed by atoms with Crippen molar-refractivity contribution in [2.45, 2.75) is 77.5 Å². The quantitative estimate of drug-likeness (QED) is 0.119. The monoisotopic (exact) mass is 787 g/mol. The summed E-state index contributed by atoms with van der Waals surface area (Å²) in [6.07, 6.45) is 1.82. The molecule has 0 radical (unpaired) electrons. The smallest absolute Gasteiger partial charge is 0.407 e. The number of alkyl carbamates (subject to hydrolysis) is 2. The fourth-order valence-electron chi connectivity index (χ4n) is 8.17. The number of carbonyl (C=O) groups excluding carboxylic acids is 4. The highest BCUT2D eigenvalue weighted by Crippen LogP contribution is 2.36. The van der Waals surface area contributed by atoms with Gasteiger partial charge in [-0.25, -0.2) is 19.6 Å². The van der Waals surface area contributed by atoms with E-state index < -0.39 is 24.3 Å². The minimum atomic E-state index is -0.725. The molecule has 58 heavy (non-hydrogen) atoms. The van der Waals surface area contributed by atoms with E-state index in [9.17, 15) is 24.4 Å². The molecule has 15 nitrogen and oxygen atoms in total. The van der Waals surface area contributed by atoms with Crippen molar-refractivity contribution < 1.29 is 28.7 Å². The molecule has 7 rings (SSSR count). The molecule has 2 fully saturated rings. The van der Waals surface area contributed by atoms with E-state index >= 15 is 0 Å². The van der Waals surface area contributed by atoms with E-state index in [1.54, 1.807) is 9.80 Å². The molecule has 4 atom stereocenters. The summed E-state index contributed by atoms with van der Waals surface area (Å²) in [6, 6.07) is 18.0. The number of rotatable bonds is 10. The second kappa shape index (κ2) is 16.6. The topological polar surface area (TPSA) is 198 Å². The van der Waals surface area contributed by atoms with Crippen LogP contribution in [0.2, 0.25) is 0 Å². The average molecular weight is 788 g/mol. The van der Waals surface area contributed by atoms with Crippen LogP contribution in [0.4, 0.5) is 9.59 Å². The van der Waals surface area contributed by atoms with Crippen molar-refractivity contribution in [2.75, 3.05) is 27.3 Å². The molecule has 15 heteroatoms. The van der Waals surface area contributed by atoms with Crippen molar-refractivity contribution in [3.63, 3.8) is 0 Å². The molecule has 2 aliphatic rings. The van der Waals surface area contributed by atoms with Crippen LogP contribution in [0.5, 0.6) is 0 Å². The lowest BCUT2D eigenvalue weighted by molar-refractivity contribution is -0.136. The van der Waals surface area contributed by atoms with Crippen molar-refractivity contribution >= 4 is 46.1 Å². The molecule has 0 aliphatic carbocycles. The number of H-pyrrole nitrogens is 2. The van der Waals surface area contributed by atoms with Gasteiger partial charge in [0.15, 0.2) is 0 Å². The second-order valence-electron chi connectivity index (χ2n) is 15.7. The molecule has 0 bridgehead atoms. The highest BCUT2D eigenvalue weighted by Gasteiger charge is 2.39. The van der Waals surface area contributed by atoms with Gasteiger partial charge in [-0.05, 0) is 90.1 Å². The minimum absolute atomic E-state index is 0.133. The Morgan fingerprint density at radius 3 is 1.62 bits per heavy atom. The number of amides is 4. The zero-order chi connectivity index (χ0) is 41.2. The number of benzene rings is 3. The lowest BCUT2D eigenvalue weighted by Crippen LogP contribution is -2.51. The van der Waals surface area contributed by atoms with E-state index in [2.05, 4.69) is 26.7 Å². The Labute approximate surface area is 336 Å². The summed E-state index contributed by atoms with van der Waals surface area (Å²) in [5.41, 5.74) is 6.95. The molecule has 2 aliphatic heterocycles. The summed E-state index contributed by atoms with van der Waals surface area (Å²) in [4.78, 5) is 71.6. The van der Waals surface area contributed by atoms with E-state index in [4.69, 9.17) is 19.4 Å². The second-order valence-corrected chi connectivity index (χ2v) is 15.7. The number of methoxy groups -OCH3 is 2. The number of nitriles is 1. The molecule has 2 aromatic heterocycles. The van der Waals surface area contributed by atoms with Gasteiger partial charge in [0.2, 0.25) is 11.8 Å². The van der Waals surface area contributed by atoms with Gasteiger partial charge in [0.25, 0.3) is 0 Å². The van der Waals surface area contributed by atoms with Crippen LogP contribution in [0.15, 0.2) is 54.6 Å².